The fraction of sp³-hybridized carbons (Fsp3) is 0.440. The van der Waals surface area contributed by atoms with Gasteiger partial charge in [0.2, 0.25) is 0 Å². The number of hydrogen-bond donors (Lipinski definition) is 2. The lowest BCUT2D eigenvalue weighted by Gasteiger charge is -2.25. The minimum Gasteiger partial charge on any atom is -0.448 e. The first-order valence-corrected chi connectivity index (χ1v) is 10.9. The number of carbonyl (C=O) groups is 2. The summed E-state index contributed by atoms with van der Waals surface area (Å²) in [5, 5.41) is 12.4. The first-order valence-electron chi connectivity index (χ1n) is 10.9. The number of nitrogens with one attached hydrogen (secondary N) is 1. The Morgan fingerprint density at radius 1 is 1.06 bits per heavy atom. The van der Waals surface area contributed by atoms with E-state index < -0.39 is 23.9 Å². The van der Waals surface area contributed by atoms with Crippen LogP contribution in [0.25, 0.3) is 11.1 Å². The first-order chi connectivity index (χ1) is 15.2. The average molecular weight is 441 g/mol. The Labute approximate surface area is 189 Å². The lowest BCUT2D eigenvalue weighted by molar-refractivity contribution is 0.0505. The van der Waals surface area contributed by atoms with Gasteiger partial charge in [0.15, 0.2) is 0 Å². The summed E-state index contributed by atoms with van der Waals surface area (Å²) in [4.78, 5) is 26.1. The summed E-state index contributed by atoms with van der Waals surface area (Å²) in [7, 11) is 0. The van der Waals surface area contributed by atoms with Gasteiger partial charge in [-0.25, -0.2) is 9.59 Å². The van der Waals surface area contributed by atoms with E-state index in [2.05, 4.69) is 29.6 Å². The standard InChI is InChI=1S/C25H32N2O5/c1-17(28)15-27(14-13-26-23(29)32-25(2,3)4)24(30)31-16-22-20-11-7-5-9-18(20)19-10-6-8-12-21(19)22/h5-12,17,22,28H,13-16H2,1-4H3,(H,26,29). The zero-order chi connectivity index (χ0) is 23.3. The molecular formula is C25H32N2O5. The monoisotopic (exact) mass is 440 g/mol. The van der Waals surface area contributed by atoms with E-state index in [0.29, 0.717) is 0 Å². The molecule has 0 saturated heterocycles. The van der Waals surface area contributed by atoms with Crippen LogP contribution in [0.1, 0.15) is 44.7 Å². The number of amides is 2. The van der Waals surface area contributed by atoms with Crippen LogP contribution in [0.5, 0.6) is 0 Å². The van der Waals surface area contributed by atoms with Crippen LogP contribution in [0.15, 0.2) is 48.5 Å². The van der Waals surface area contributed by atoms with Crippen LogP contribution in [-0.4, -0.2) is 60.1 Å². The predicted molar refractivity (Wildman–Crippen MR) is 123 cm³/mol. The number of aliphatic hydroxyl groups excluding tert-OH is 1. The van der Waals surface area contributed by atoms with Crippen molar-refractivity contribution >= 4 is 12.2 Å². The molecule has 0 aliphatic heterocycles. The minimum absolute atomic E-state index is 0.0420. The van der Waals surface area contributed by atoms with Gasteiger partial charge in [0.1, 0.15) is 12.2 Å². The van der Waals surface area contributed by atoms with Gasteiger partial charge in [-0.15, -0.1) is 0 Å². The fourth-order valence-corrected chi connectivity index (χ4v) is 3.87. The lowest BCUT2D eigenvalue weighted by atomic mass is 9.98. The van der Waals surface area contributed by atoms with Gasteiger partial charge < -0.3 is 24.8 Å². The third-order valence-corrected chi connectivity index (χ3v) is 5.13. The van der Waals surface area contributed by atoms with E-state index in [1.807, 2.05) is 24.3 Å². The Bertz CT molecular complexity index is 906. The topological polar surface area (TPSA) is 88.1 Å². The highest BCUT2D eigenvalue weighted by Crippen LogP contribution is 2.44. The van der Waals surface area contributed by atoms with Crippen molar-refractivity contribution in [2.24, 2.45) is 0 Å². The molecule has 0 fully saturated rings. The molecule has 0 bridgehead atoms. The molecule has 3 rings (SSSR count). The second-order valence-electron chi connectivity index (χ2n) is 9.03. The third-order valence-electron chi connectivity index (χ3n) is 5.13. The second kappa shape index (κ2) is 10.0. The van der Waals surface area contributed by atoms with E-state index in [0.717, 1.165) is 22.3 Å². The summed E-state index contributed by atoms with van der Waals surface area (Å²) in [6.45, 7) is 7.63. The van der Waals surface area contributed by atoms with Crippen molar-refractivity contribution in [3.63, 3.8) is 0 Å². The number of alkyl carbamates (subject to hydrolysis) is 1. The predicted octanol–water partition coefficient (Wildman–Crippen LogP) is 4.14. The third kappa shape index (κ3) is 6.01. The van der Waals surface area contributed by atoms with Gasteiger partial charge in [0.05, 0.1) is 6.10 Å². The number of benzene rings is 2. The van der Waals surface area contributed by atoms with E-state index in [4.69, 9.17) is 9.47 Å². The summed E-state index contributed by atoms with van der Waals surface area (Å²) in [6.07, 6.45) is -1.81. The Morgan fingerprint density at radius 2 is 1.62 bits per heavy atom. The van der Waals surface area contributed by atoms with E-state index >= 15 is 0 Å². The SMILES string of the molecule is CC(O)CN(CCNC(=O)OC(C)(C)C)C(=O)OCC1c2ccccc2-c2ccccc21. The second-order valence-corrected chi connectivity index (χ2v) is 9.03. The van der Waals surface area contributed by atoms with Crippen molar-refractivity contribution in [1.82, 2.24) is 10.2 Å². The number of carbonyl (C=O) groups excluding carboxylic acids is 2. The van der Waals surface area contributed by atoms with Crippen molar-refractivity contribution in [2.45, 2.75) is 45.3 Å². The molecule has 2 N–H and O–H groups in total. The Balaban J connectivity index is 1.61. The summed E-state index contributed by atoms with van der Waals surface area (Å²) < 4.78 is 10.9. The lowest BCUT2D eigenvalue weighted by Crippen LogP contribution is -2.43. The van der Waals surface area contributed by atoms with E-state index in [9.17, 15) is 14.7 Å². The molecule has 2 aromatic rings. The Morgan fingerprint density at radius 3 is 2.16 bits per heavy atom. The van der Waals surface area contributed by atoms with Gasteiger partial charge in [0, 0.05) is 25.6 Å². The smallest absolute Gasteiger partial charge is 0.409 e. The fourth-order valence-electron chi connectivity index (χ4n) is 3.87. The van der Waals surface area contributed by atoms with Crippen LogP contribution in [0.2, 0.25) is 0 Å². The number of aliphatic hydroxyl groups is 1. The molecule has 1 atom stereocenters. The molecule has 0 heterocycles. The number of hydrogen-bond acceptors (Lipinski definition) is 5. The van der Waals surface area contributed by atoms with E-state index in [1.54, 1.807) is 27.7 Å². The quantitative estimate of drug-likeness (QED) is 0.676. The molecule has 1 unspecified atom stereocenters. The maximum absolute atomic E-state index is 12.8. The van der Waals surface area contributed by atoms with Crippen molar-refractivity contribution in [3.05, 3.63) is 59.7 Å². The molecule has 1 aliphatic rings. The highest BCUT2D eigenvalue weighted by Gasteiger charge is 2.30. The van der Waals surface area contributed by atoms with Gasteiger partial charge in [-0.05, 0) is 49.9 Å². The van der Waals surface area contributed by atoms with Gasteiger partial charge in [-0.2, -0.15) is 0 Å². The largest absolute Gasteiger partial charge is 0.448 e. The van der Waals surface area contributed by atoms with Crippen LogP contribution in [0.4, 0.5) is 9.59 Å². The number of nitrogens with zero attached hydrogens (tertiary/aromatic N) is 1. The van der Waals surface area contributed by atoms with Gasteiger partial charge in [-0.1, -0.05) is 48.5 Å². The van der Waals surface area contributed by atoms with Gasteiger partial charge >= 0.3 is 12.2 Å². The van der Waals surface area contributed by atoms with Crippen molar-refractivity contribution < 1.29 is 24.2 Å². The molecule has 7 heteroatoms. The normalized spacial score (nSPS) is 13.7. The molecule has 7 nitrogen and oxygen atoms in total. The summed E-state index contributed by atoms with van der Waals surface area (Å²) in [5.41, 5.74) is 3.99. The van der Waals surface area contributed by atoms with Crippen molar-refractivity contribution in [2.75, 3.05) is 26.2 Å². The number of ether oxygens (including phenoxy) is 2. The van der Waals surface area contributed by atoms with Gasteiger partial charge in [0.25, 0.3) is 0 Å². The van der Waals surface area contributed by atoms with Crippen LogP contribution in [-0.2, 0) is 9.47 Å². The zero-order valence-electron chi connectivity index (χ0n) is 19.1. The molecule has 0 spiro atoms. The molecular weight excluding hydrogens is 408 g/mol. The molecule has 1 aliphatic carbocycles. The molecule has 0 saturated carbocycles. The molecule has 32 heavy (non-hydrogen) atoms. The van der Waals surface area contributed by atoms with E-state index in [-0.39, 0.29) is 32.2 Å². The molecule has 172 valence electrons. The maximum atomic E-state index is 12.8. The highest BCUT2D eigenvalue weighted by atomic mass is 16.6. The first kappa shape index (κ1) is 23.6. The van der Waals surface area contributed by atoms with Crippen LogP contribution in [0, 0.1) is 0 Å². The van der Waals surface area contributed by atoms with Crippen LogP contribution >= 0.6 is 0 Å². The zero-order valence-corrected chi connectivity index (χ0v) is 19.1. The molecule has 0 radical (unpaired) electrons. The summed E-state index contributed by atoms with van der Waals surface area (Å²) >= 11 is 0. The summed E-state index contributed by atoms with van der Waals surface area (Å²) in [6, 6.07) is 16.3. The van der Waals surface area contributed by atoms with Crippen molar-refractivity contribution in [1.29, 1.82) is 0 Å². The number of rotatable bonds is 7. The van der Waals surface area contributed by atoms with Crippen molar-refractivity contribution in [3.8, 4) is 11.1 Å². The maximum Gasteiger partial charge on any atom is 0.409 e. The number of fused-ring (bicyclic) bond motifs is 3. The molecule has 0 aromatic heterocycles. The molecule has 2 aromatic carbocycles. The highest BCUT2D eigenvalue weighted by molar-refractivity contribution is 5.79. The minimum atomic E-state index is -0.725. The van der Waals surface area contributed by atoms with Crippen LogP contribution in [0.3, 0.4) is 0 Å². The Kier molecular flexibility index (Phi) is 7.40. The van der Waals surface area contributed by atoms with Gasteiger partial charge in [-0.3, -0.25) is 0 Å². The average Bonchev–Trinajstić information content (AvgIpc) is 3.03. The van der Waals surface area contributed by atoms with Crippen LogP contribution < -0.4 is 5.32 Å². The Hall–Kier alpha value is -3.06. The van der Waals surface area contributed by atoms with E-state index in [1.165, 1.54) is 4.90 Å². The summed E-state index contributed by atoms with van der Waals surface area (Å²) in [5.74, 6) is -0.0420. The molecule has 2 amide bonds.